The average molecular weight is 534 g/mol. The van der Waals surface area contributed by atoms with Crippen LogP contribution in [-0.2, 0) is 16.1 Å². The van der Waals surface area contributed by atoms with Crippen LogP contribution in [-0.4, -0.2) is 57.5 Å². The summed E-state index contributed by atoms with van der Waals surface area (Å²) in [6.45, 7) is 3.12. The molecule has 0 aliphatic carbocycles. The second-order valence-corrected chi connectivity index (χ2v) is 9.23. The topological polar surface area (TPSA) is 172 Å². The lowest BCUT2D eigenvalue weighted by Crippen LogP contribution is -2.42. The van der Waals surface area contributed by atoms with E-state index in [2.05, 4.69) is 25.9 Å². The molecule has 204 valence electrons. The highest BCUT2D eigenvalue weighted by Crippen LogP contribution is 2.29. The van der Waals surface area contributed by atoms with Crippen LogP contribution in [0.1, 0.15) is 35.7 Å². The summed E-state index contributed by atoms with van der Waals surface area (Å²) in [5.41, 5.74) is 7.29. The number of rotatable bonds is 9. The fourth-order valence-electron chi connectivity index (χ4n) is 4.24. The number of carbonyl (C=O) groups excluding carboxylic acids is 3. The van der Waals surface area contributed by atoms with Gasteiger partial charge in [0.1, 0.15) is 18.2 Å². The van der Waals surface area contributed by atoms with Gasteiger partial charge in [0, 0.05) is 38.4 Å². The molecular formula is C27H31N7O5. The van der Waals surface area contributed by atoms with Crippen molar-refractivity contribution < 1.29 is 24.2 Å². The van der Waals surface area contributed by atoms with Crippen LogP contribution in [0.25, 0.3) is 0 Å². The molecule has 1 aliphatic heterocycles. The van der Waals surface area contributed by atoms with E-state index in [-0.39, 0.29) is 53.3 Å². The summed E-state index contributed by atoms with van der Waals surface area (Å²) in [6.07, 6.45) is 2.62. The lowest BCUT2D eigenvalue weighted by Gasteiger charge is -2.32. The third-order valence-corrected chi connectivity index (χ3v) is 6.16. The van der Waals surface area contributed by atoms with Gasteiger partial charge in [-0.1, -0.05) is 30.3 Å². The molecule has 3 aromatic rings. The monoisotopic (exact) mass is 533 g/mol. The number of aromatic hydroxyl groups is 1. The Morgan fingerprint density at radius 2 is 1.97 bits per heavy atom. The number of primary amides is 1. The van der Waals surface area contributed by atoms with Crippen LogP contribution in [0.4, 0.5) is 27.9 Å². The van der Waals surface area contributed by atoms with Gasteiger partial charge in [-0.2, -0.15) is 4.98 Å². The zero-order chi connectivity index (χ0) is 27.8. The number of hydrogen-bond donors (Lipinski definition) is 5. The van der Waals surface area contributed by atoms with E-state index in [0.29, 0.717) is 25.3 Å². The van der Waals surface area contributed by atoms with Crippen molar-refractivity contribution in [2.75, 3.05) is 35.6 Å². The minimum atomic E-state index is -0.700. The van der Waals surface area contributed by atoms with E-state index < -0.39 is 5.91 Å². The van der Waals surface area contributed by atoms with E-state index in [1.54, 1.807) is 11.0 Å². The molecule has 0 radical (unpaired) electrons. The Hall–Kier alpha value is -4.87. The van der Waals surface area contributed by atoms with Crippen molar-refractivity contribution in [1.82, 2.24) is 14.9 Å². The van der Waals surface area contributed by atoms with E-state index in [9.17, 15) is 19.5 Å². The lowest BCUT2D eigenvalue weighted by atomic mass is 9.98. The van der Waals surface area contributed by atoms with Crippen molar-refractivity contribution in [3.05, 3.63) is 65.9 Å². The van der Waals surface area contributed by atoms with Gasteiger partial charge in [-0.3, -0.25) is 9.59 Å². The third-order valence-electron chi connectivity index (χ3n) is 6.16. The summed E-state index contributed by atoms with van der Waals surface area (Å²) in [5.74, 6) is -0.620. The summed E-state index contributed by atoms with van der Waals surface area (Å²) in [4.78, 5) is 46.2. The number of carbonyl (C=O) groups is 3. The Bertz CT molecular complexity index is 1340. The summed E-state index contributed by atoms with van der Waals surface area (Å²) in [6, 6.07) is 14.0. The van der Waals surface area contributed by atoms with Gasteiger partial charge in [0.2, 0.25) is 11.9 Å². The number of amides is 3. The normalized spacial score (nSPS) is 14.8. The maximum Gasteiger partial charge on any atom is 0.410 e. The molecule has 1 atom stereocenters. The minimum absolute atomic E-state index is 0.0809. The number of piperidine rings is 1. The first-order chi connectivity index (χ1) is 18.8. The Morgan fingerprint density at radius 3 is 2.72 bits per heavy atom. The van der Waals surface area contributed by atoms with Gasteiger partial charge < -0.3 is 36.4 Å². The molecular weight excluding hydrogens is 502 g/mol. The van der Waals surface area contributed by atoms with Crippen LogP contribution >= 0.6 is 0 Å². The summed E-state index contributed by atoms with van der Waals surface area (Å²) in [5, 5.41) is 18.9. The number of anilines is 4. The number of hydrogen-bond acceptors (Lipinski definition) is 9. The number of nitrogens with zero attached hydrogens (tertiary/aromatic N) is 3. The van der Waals surface area contributed by atoms with Gasteiger partial charge in [-0.25, -0.2) is 9.78 Å². The number of nitrogens with two attached hydrogens (primary N) is 1. The lowest BCUT2D eigenvalue weighted by molar-refractivity contribution is -0.114. The van der Waals surface area contributed by atoms with E-state index in [1.165, 1.54) is 25.3 Å². The van der Waals surface area contributed by atoms with Gasteiger partial charge >= 0.3 is 6.09 Å². The van der Waals surface area contributed by atoms with E-state index in [1.807, 2.05) is 30.3 Å². The predicted molar refractivity (Wildman–Crippen MR) is 146 cm³/mol. The van der Waals surface area contributed by atoms with Gasteiger partial charge in [-0.05, 0) is 42.5 Å². The molecule has 1 saturated heterocycles. The van der Waals surface area contributed by atoms with Crippen molar-refractivity contribution >= 4 is 41.0 Å². The number of phenolic OH excluding ortho intramolecular Hbond substituents is 1. The zero-order valence-electron chi connectivity index (χ0n) is 21.5. The first-order valence-electron chi connectivity index (χ1n) is 12.5. The van der Waals surface area contributed by atoms with Gasteiger partial charge in [0.25, 0.3) is 5.91 Å². The Labute approximate surface area is 225 Å². The van der Waals surface area contributed by atoms with E-state index >= 15 is 0 Å². The Kier molecular flexibility index (Phi) is 8.77. The number of nitrogens with one attached hydrogen (secondary N) is 3. The van der Waals surface area contributed by atoms with Crippen molar-refractivity contribution in [3.8, 4) is 5.75 Å². The maximum atomic E-state index is 12.6. The van der Waals surface area contributed by atoms with Crippen molar-refractivity contribution in [2.24, 2.45) is 11.7 Å². The SMILES string of the molecule is CC(=O)Nc1ccc(O)c(Nc2ncc(C(N)=O)c(NCC3CCCN(C(=O)OCc4ccccc4)C3)n2)c1. The molecule has 1 unspecified atom stereocenters. The Morgan fingerprint density at radius 1 is 1.18 bits per heavy atom. The molecule has 2 heterocycles. The predicted octanol–water partition coefficient (Wildman–Crippen LogP) is 3.44. The molecule has 4 rings (SSSR count). The largest absolute Gasteiger partial charge is 0.506 e. The van der Waals surface area contributed by atoms with Gasteiger partial charge in [-0.15, -0.1) is 0 Å². The average Bonchev–Trinajstić information content (AvgIpc) is 2.93. The molecule has 1 aliphatic rings. The molecule has 12 nitrogen and oxygen atoms in total. The number of ether oxygens (including phenoxy) is 1. The first-order valence-corrected chi connectivity index (χ1v) is 12.5. The van der Waals surface area contributed by atoms with Gasteiger partial charge in [0.05, 0.1) is 11.3 Å². The van der Waals surface area contributed by atoms with E-state index in [0.717, 1.165) is 18.4 Å². The number of aromatic nitrogens is 2. The zero-order valence-corrected chi connectivity index (χ0v) is 21.5. The number of phenols is 1. The van der Waals surface area contributed by atoms with Crippen LogP contribution in [0.2, 0.25) is 0 Å². The Balaban J connectivity index is 1.40. The molecule has 3 amide bonds. The second-order valence-electron chi connectivity index (χ2n) is 9.23. The number of benzene rings is 2. The molecule has 39 heavy (non-hydrogen) atoms. The number of likely N-dealkylation sites (tertiary alicyclic amines) is 1. The molecule has 0 bridgehead atoms. The molecule has 2 aromatic carbocycles. The van der Waals surface area contributed by atoms with Crippen molar-refractivity contribution in [2.45, 2.75) is 26.4 Å². The van der Waals surface area contributed by atoms with Crippen LogP contribution in [0.15, 0.2) is 54.7 Å². The maximum absolute atomic E-state index is 12.6. The smallest absolute Gasteiger partial charge is 0.410 e. The van der Waals surface area contributed by atoms with E-state index in [4.69, 9.17) is 10.5 Å². The molecule has 6 N–H and O–H groups in total. The molecule has 12 heteroatoms. The van der Waals surface area contributed by atoms with Gasteiger partial charge in [0.15, 0.2) is 0 Å². The molecule has 1 fully saturated rings. The van der Waals surface area contributed by atoms with Crippen LogP contribution in [0.3, 0.4) is 0 Å². The summed E-state index contributed by atoms with van der Waals surface area (Å²) in [7, 11) is 0. The highest BCUT2D eigenvalue weighted by atomic mass is 16.6. The fraction of sp³-hybridized carbons (Fsp3) is 0.296. The van der Waals surface area contributed by atoms with Crippen LogP contribution < -0.4 is 21.7 Å². The molecule has 0 spiro atoms. The first kappa shape index (κ1) is 27.2. The highest BCUT2D eigenvalue weighted by molar-refractivity contribution is 5.97. The summed E-state index contributed by atoms with van der Waals surface area (Å²) >= 11 is 0. The van der Waals surface area contributed by atoms with Crippen molar-refractivity contribution in [3.63, 3.8) is 0 Å². The standard InChI is InChI=1S/C27H31N7O5/c1-17(35)31-20-9-10-23(36)22(12-20)32-26-30-14-21(24(28)37)25(33-26)29-13-19-8-5-11-34(15-19)27(38)39-16-18-6-3-2-4-7-18/h2-4,6-7,9-10,12,14,19,36H,5,8,11,13,15-16H2,1H3,(H2,28,37)(H,31,35)(H2,29,30,32,33). The molecule has 0 saturated carbocycles. The van der Waals surface area contributed by atoms with Crippen molar-refractivity contribution in [1.29, 1.82) is 0 Å². The third kappa shape index (κ3) is 7.57. The quantitative estimate of drug-likeness (QED) is 0.204. The van der Waals surface area contributed by atoms with Crippen LogP contribution in [0, 0.1) is 5.92 Å². The van der Waals surface area contributed by atoms with Crippen LogP contribution in [0.5, 0.6) is 5.75 Å². The minimum Gasteiger partial charge on any atom is -0.506 e. The highest BCUT2D eigenvalue weighted by Gasteiger charge is 2.25. The second kappa shape index (κ2) is 12.6. The molecule has 1 aromatic heterocycles. The fourth-order valence-corrected chi connectivity index (χ4v) is 4.24. The summed E-state index contributed by atoms with van der Waals surface area (Å²) < 4.78 is 5.47.